The Morgan fingerprint density at radius 1 is 1.50 bits per heavy atom. The second-order valence-corrected chi connectivity index (χ2v) is 4.06. The van der Waals surface area contributed by atoms with E-state index in [0.29, 0.717) is 23.0 Å². The summed E-state index contributed by atoms with van der Waals surface area (Å²) in [7, 11) is 0. The van der Waals surface area contributed by atoms with Gasteiger partial charge in [0.1, 0.15) is 11.9 Å². The lowest BCUT2D eigenvalue weighted by atomic mass is 9.96. The average Bonchev–Trinajstić information content (AvgIpc) is 2.10. The summed E-state index contributed by atoms with van der Waals surface area (Å²) in [5.74, 6) is 1.07. The van der Waals surface area contributed by atoms with Crippen LogP contribution in [0.4, 0.5) is 5.82 Å². The molecular formula is C9H13N3OS. The third kappa shape index (κ3) is 2.09. The topological polar surface area (TPSA) is 61.0 Å². The highest BCUT2D eigenvalue weighted by molar-refractivity contribution is 7.98. The summed E-state index contributed by atoms with van der Waals surface area (Å²) in [6.07, 6.45) is 5.75. The fraction of sp³-hybridized carbons (Fsp3) is 0.556. The van der Waals surface area contributed by atoms with E-state index < -0.39 is 0 Å². The van der Waals surface area contributed by atoms with Gasteiger partial charge in [0.25, 0.3) is 0 Å². The van der Waals surface area contributed by atoms with Crippen molar-refractivity contribution in [3.05, 3.63) is 6.07 Å². The normalized spacial score (nSPS) is 16.4. The van der Waals surface area contributed by atoms with Gasteiger partial charge in [-0.1, -0.05) is 11.8 Å². The van der Waals surface area contributed by atoms with Crippen LogP contribution in [-0.4, -0.2) is 22.3 Å². The Morgan fingerprint density at radius 3 is 2.86 bits per heavy atom. The van der Waals surface area contributed by atoms with E-state index in [4.69, 9.17) is 10.5 Å². The zero-order valence-corrected chi connectivity index (χ0v) is 8.88. The SMILES string of the molecule is CSc1nc(N)cc(OC2CCC2)n1. The zero-order valence-electron chi connectivity index (χ0n) is 8.06. The molecule has 0 bridgehead atoms. The molecule has 2 N–H and O–H groups in total. The van der Waals surface area contributed by atoms with E-state index in [9.17, 15) is 0 Å². The van der Waals surface area contributed by atoms with E-state index in [2.05, 4.69) is 9.97 Å². The van der Waals surface area contributed by atoms with E-state index >= 15 is 0 Å². The van der Waals surface area contributed by atoms with Gasteiger partial charge in [0.15, 0.2) is 5.16 Å². The third-order valence-corrected chi connectivity index (χ3v) is 2.77. The fourth-order valence-electron chi connectivity index (χ4n) is 1.23. The van der Waals surface area contributed by atoms with Gasteiger partial charge in [-0.2, -0.15) is 4.98 Å². The lowest BCUT2D eigenvalue weighted by Crippen LogP contribution is -2.25. The van der Waals surface area contributed by atoms with Crippen LogP contribution in [0.5, 0.6) is 5.88 Å². The number of rotatable bonds is 3. The molecule has 1 aromatic rings. The van der Waals surface area contributed by atoms with Gasteiger partial charge in [0.2, 0.25) is 5.88 Å². The molecule has 0 aliphatic heterocycles. The van der Waals surface area contributed by atoms with Crippen LogP contribution < -0.4 is 10.5 Å². The Kier molecular flexibility index (Phi) is 2.77. The first-order valence-corrected chi connectivity index (χ1v) is 5.85. The van der Waals surface area contributed by atoms with Crippen molar-refractivity contribution in [2.45, 2.75) is 30.5 Å². The van der Waals surface area contributed by atoms with Crippen molar-refractivity contribution >= 4 is 17.6 Å². The van der Waals surface area contributed by atoms with Crippen molar-refractivity contribution in [3.8, 4) is 5.88 Å². The van der Waals surface area contributed by atoms with Gasteiger partial charge in [-0.05, 0) is 25.5 Å². The van der Waals surface area contributed by atoms with Gasteiger partial charge >= 0.3 is 0 Å². The van der Waals surface area contributed by atoms with Crippen LogP contribution in [0.15, 0.2) is 11.2 Å². The van der Waals surface area contributed by atoms with Gasteiger partial charge in [-0.15, -0.1) is 0 Å². The number of anilines is 1. The zero-order chi connectivity index (χ0) is 9.97. The maximum atomic E-state index is 5.63. The first-order valence-electron chi connectivity index (χ1n) is 4.63. The lowest BCUT2D eigenvalue weighted by Gasteiger charge is -2.25. The fourth-order valence-corrected chi connectivity index (χ4v) is 1.61. The summed E-state index contributed by atoms with van der Waals surface area (Å²) < 4.78 is 5.63. The average molecular weight is 211 g/mol. The molecular weight excluding hydrogens is 198 g/mol. The predicted molar refractivity (Wildman–Crippen MR) is 56.5 cm³/mol. The van der Waals surface area contributed by atoms with Crippen molar-refractivity contribution in [3.63, 3.8) is 0 Å². The number of hydrogen-bond acceptors (Lipinski definition) is 5. The summed E-state index contributed by atoms with van der Waals surface area (Å²) in [6.45, 7) is 0. The Labute approximate surface area is 87.3 Å². The Balaban J connectivity index is 2.11. The molecule has 0 radical (unpaired) electrons. The molecule has 0 saturated heterocycles. The molecule has 5 heteroatoms. The highest BCUT2D eigenvalue weighted by atomic mass is 32.2. The van der Waals surface area contributed by atoms with Gasteiger partial charge in [0, 0.05) is 6.07 Å². The summed E-state index contributed by atoms with van der Waals surface area (Å²) >= 11 is 1.47. The van der Waals surface area contributed by atoms with Gasteiger partial charge < -0.3 is 10.5 Å². The smallest absolute Gasteiger partial charge is 0.219 e. The molecule has 0 atom stereocenters. The van der Waals surface area contributed by atoms with Crippen molar-refractivity contribution in [1.29, 1.82) is 0 Å². The summed E-state index contributed by atoms with van der Waals surface area (Å²) in [6, 6.07) is 1.68. The Hall–Kier alpha value is -0.970. The second-order valence-electron chi connectivity index (χ2n) is 3.29. The number of nitrogens with two attached hydrogens (primary N) is 1. The first kappa shape index (κ1) is 9.58. The molecule has 1 aromatic heterocycles. The lowest BCUT2D eigenvalue weighted by molar-refractivity contribution is 0.113. The second kappa shape index (κ2) is 4.04. The van der Waals surface area contributed by atoms with E-state index in [1.54, 1.807) is 6.07 Å². The molecule has 2 rings (SSSR count). The first-order chi connectivity index (χ1) is 6.78. The molecule has 14 heavy (non-hydrogen) atoms. The van der Waals surface area contributed by atoms with Crippen molar-refractivity contribution in [2.75, 3.05) is 12.0 Å². The van der Waals surface area contributed by atoms with Crippen molar-refractivity contribution < 1.29 is 4.74 Å². The molecule has 1 fully saturated rings. The molecule has 1 aliphatic carbocycles. The molecule has 0 spiro atoms. The summed E-state index contributed by atoms with van der Waals surface area (Å²) in [5.41, 5.74) is 5.63. The van der Waals surface area contributed by atoms with Gasteiger partial charge in [0.05, 0.1) is 0 Å². The van der Waals surface area contributed by atoms with Crippen molar-refractivity contribution in [2.24, 2.45) is 0 Å². The third-order valence-electron chi connectivity index (χ3n) is 2.22. The number of nitrogen functional groups attached to an aromatic ring is 1. The highest BCUT2D eigenvalue weighted by Crippen LogP contribution is 2.25. The molecule has 76 valence electrons. The molecule has 4 nitrogen and oxygen atoms in total. The minimum Gasteiger partial charge on any atom is -0.474 e. The summed E-state index contributed by atoms with van der Waals surface area (Å²) in [4.78, 5) is 8.28. The molecule has 0 unspecified atom stereocenters. The maximum absolute atomic E-state index is 5.63. The molecule has 1 aliphatic rings. The number of aromatic nitrogens is 2. The van der Waals surface area contributed by atoms with Crippen LogP contribution in [0, 0.1) is 0 Å². The number of ether oxygens (including phenoxy) is 1. The number of hydrogen-bond donors (Lipinski definition) is 1. The summed E-state index contributed by atoms with van der Waals surface area (Å²) in [5, 5.41) is 0.666. The minimum absolute atomic E-state index is 0.332. The van der Waals surface area contributed by atoms with Crippen LogP contribution in [0.2, 0.25) is 0 Å². The Morgan fingerprint density at radius 2 is 2.29 bits per heavy atom. The van der Waals surface area contributed by atoms with Crippen LogP contribution in [0.25, 0.3) is 0 Å². The van der Waals surface area contributed by atoms with Crippen LogP contribution >= 0.6 is 11.8 Å². The molecule has 0 aromatic carbocycles. The monoisotopic (exact) mass is 211 g/mol. The van der Waals surface area contributed by atoms with Crippen molar-refractivity contribution in [1.82, 2.24) is 9.97 Å². The van der Waals surface area contributed by atoms with Crippen LogP contribution in [-0.2, 0) is 0 Å². The Bertz CT molecular complexity index is 328. The maximum Gasteiger partial charge on any atom is 0.219 e. The highest BCUT2D eigenvalue weighted by Gasteiger charge is 2.20. The van der Waals surface area contributed by atoms with E-state index in [1.807, 2.05) is 6.26 Å². The predicted octanol–water partition coefficient (Wildman–Crippen LogP) is 1.71. The molecule has 1 saturated carbocycles. The largest absolute Gasteiger partial charge is 0.474 e. The van der Waals surface area contributed by atoms with Gasteiger partial charge in [-0.25, -0.2) is 4.98 Å². The molecule has 0 amide bonds. The quantitative estimate of drug-likeness (QED) is 0.609. The number of thioether (sulfide) groups is 1. The molecule has 1 heterocycles. The van der Waals surface area contributed by atoms with E-state index in [-0.39, 0.29) is 0 Å². The van der Waals surface area contributed by atoms with E-state index in [0.717, 1.165) is 12.8 Å². The minimum atomic E-state index is 0.332. The van der Waals surface area contributed by atoms with E-state index in [1.165, 1.54) is 18.2 Å². The van der Waals surface area contributed by atoms with Crippen LogP contribution in [0.3, 0.4) is 0 Å². The van der Waals surface area contributed by atoms with Crippen LogP contribution in [0.1, 0.15) is 19.3 Å². The van der Waals surface area contributed by atoms with Gasteiger partial charge in [-0.3, -0.25) is 0 Å². The number of nitrogens with zero attached hydrogens (tertiary/aromatic N) is 2. The standard InChI is InChI=1S/C9H13N3OS/c1-14-9-11-7(10)5-8(12-9)13-6-3-2-4-6/h5-6H,2-4H2,1H3,(H2,10,11,12).